The second kappa shape index (κ2) is 6.10. The first-order valence-electron chi connectivity index (χ1n) is 6.17. The van der Waals surface area contributed by atoms with E-state index in [1.54, 1.807) is 41.7 Å². The normalized spacial score (nSPS) is 11.2. The maximum absolute atomic E-state index is 13.3. The zero-order valence-corrected chi connectivity index (χ0v) is 11.4. The zero-order chi connectivity index (χ0) is 14.5. The summed E-state index contributed by atoms with van der Waals surface area (Å²) in [5.41, 5.74) is 1.58. The van der Waals surface area contributed by atoms with Gasteiger partial charge in [-0.15, -0.1) is 0 Å². The van der Waals surface area contributed by atoms with Gasteiger partial charge in [0.15, 0.2) is 5.78 Å². The molecule has 0 bridgehead atoms. The molecule has 3 nitrogen and oxygen atoms in total. The highest BCUT2D eigenvalue weighted by atomic mass is 19.1. The van der Waals surface area contributed by atoms with Crippen LogP contribution in [0.25, 0.3) is 5.57 Å². The van der Waals surface area contributed by atoms with Crippen molar-refractivity contribution in [3.63, 3.8) is 0 Å². The van der Waals surface area contributed by atoms with Crippen molar-refractivity contribution in [2.24, 2.45) is 0 Å². The highest BCUT2D eigenvalue weighted by Gasteiger charge is 2.15. The molecule has 0 fully saturated rings. The van der Waals surface area contributed by atoms with Crippen molar-refractivity contribution >= 4 is 11.4 Å². The Bertz CT molecular complexity index is 636. The monoisotopic (exact) mass is 270 g/mol. The number of Topliss-reactive ketones (excluding diaryl/α,β-unsaturated/α-hetero) is 1. The molecule has 0 aliphatic carbocycles. The third-order valence-corrected chi connectivity index (χ3v) is 2.71. The van der Waals surface area contributed by atoms with Crippen LogP contribution in [0.2, 0.25) is 0 Å². The lowest BCUT2D eigenvalue weighted by atomic mass is 9.98. The maximum Gasteiger partial charge on any atom is 0.195 e. The van der Waals surface area contributed by atoms with Crippen molar-refractivity contribution < 1.29 is 9.18 Å². The molecule has 1 aromatic carbocycles. The van der Waals surface area contributed by atoms with E-state index in [-0.39, 0.29) is 5.78 Å². The Morgan fingerprint density at radius 1 is 1.15 bits per heavy atom. The van der Waals surface area contributed by atoms with Crippen molar-refractivity contribution in [3.8, 4) is 0 Å². The first-order chi connectivity index (χ1) is 9.58. The summed E-state index contributed by atoms with van der Waals surface area (Å²) in [6.45, 7) is 0. The molecule has 0 spiro atoms. The number of pyridine rings is 1. The van der Waals surface area contributed by atoms with E-state index < -0.39 is 5.82 Å². The van der Waals surface area contributed by atoms with Crippen LogP contribution in [0.4, 0.5) is 4.39 Å². The van der Waals surface area contributed by atoms with E-state index in [1.165, 1.54) is 18.2 Å². The van der Waals surface area contributed by atoms with Crippen molar-refractivity contribution in [1.29, 1.82) is 0 Å². The SMILES string of the molecule is CN(C)/C=C(/C(=O)c1cccc(F)c1)c1ccncc1. The molecule has 0 radical (unpaired) electrons. The number of aromatic nitrogens is 1. The molecule has 0 aliphatic heterocycles. The first kappa shape index (κ1) is 13.9. The Hall–Kier alpha value is -2.49. The van der Waals surface area contributed by atoms with Gasteiger partial charge in [-0.25, -0.2) is 4.39 Å². The number of halogens is 1. The minimum Gasteiger partial charge on any atom is -0.383 e. The molecule has 4 heteroatoms. The smallest absolute Gasteiger partial charge is 0.195 e. The van der Waals surface area contributed by atoms with Crippen molar-refractivity contribution in [3.05, 3.63) is 71.9 Å². The number of benzene rings is 1. The van der Waals surface area contributed by atoms with Crippen LogP contribution >= 0.6 is 0 Å². The van der Waals surface area contributed by atoms with E-state index in [2.05, 4.69) is 4.98 Å². The van der Waals surface area contributed by atoms with E-state index in [9.17, 15) is 9.18 Å². The quantitative estimate of drug-likeness (QED) is 0.632. The second-order valence-corrected chi connectivity index (χ2v) is 4.58. The third-order valence-electron chi connectivity index (χ3n) is 2.71. The molecule has 2 rings (SSSR count). The minimum atomic E-state index is -0.421. The van der Waals surface area contributed by atoms with Gasteiger partial charge in [-0.1, -0.05) is 12.1 Å². The van der Waals surface area contributed by atoms with Crippen LogP contribution < -0.4 is 0 Å². The Balaban J connectivity index is 2.45. The van der Waals surface area contributed by atoms with Crippen LogP contribution in [0.1, 0.15) is 15.9 Å². The Morgan fingerprint density at radius 3 is 2.45 bits per heavy atom. The summed E-state index contributed by atoms with van der Waals surface area (Å²) in [5.74, 6) is -0.640. The largest absolute Gasteiger partial charge is 0.383 e. The van der Waals surface area contributed by atoms with E-state index in [0.29, 0.717) is 11.1 Å². The molecule has 0 saturated carbocycles. The number of rotatable bonds is 4. The molecule has 0 amide bonds. The lowest BCUT2D eigenvalue weighted by Gasteiger charge is -2.11. The predicted molar refractivity (Wildman–Crippen MR) is 76.6 cm³/mol. The van der Waals surface area contributed by atoms with Gasteiger partial charge in [-0.05, 0) is 29.8 Å². The second-order valence-electron chi connectivity index (χ2n) is 4.58. The van der Waals surface area contributed by atoms with Gasteiger partial charge >= 0.3 is 0 Å². The highest BCUT2D eigenvalue weighted by Crippen LogP contribution is 2.20. The maximum atomic E-state index is 13.3. The van der Waals surface area contributed by atoms with E-state index in [4.69, 9.17) is 0 Å². The molecule has 1 aromatic heterocycles. The summed E-state index contributed by atoms with van der Waals surface area (Å²) in [6.07, 6.45) is 4.97. The molecule has 2 aromatic rings. The zero-order valence-electron chi connectivity index (χ0n) is 11.4. The van der Waals surface area contributed by atoms with E-state index >= 15 is 0 Å². The number of nitrogens with zero attached hydrogens (tertiary/aromatic N) is 2. The van der Waals surface area contributed by atoms with Gasteiger partial charge < -0.3 is 4.90 Å². The fourth-order valence-corrected chi connectivity index (χ4v) is 1.84. The first-order valence-corrected chi connectivity index (χ1v) is 6.17. The molecule has 0 saturated heterocycles. The van der Waals surface area contributed by atoms with Crippen LogP contribution in [0.3, 0.4) is 0 Å². The van der Waals surface area contributed by atoms with Crippen molar-refractivity contribution in [1.82, 2.24) is 9.88 Å². The number of hydrogen-bond donors (Lipinski definition) is 0. The average molecular weight is 270 g/mol. The van der Waals surface area contributed by atoms with Gasteiger partial charge in [0.1, 0.15) is 5.82 Å². The summed E-state index contributed by atoms with van der Waals surface area (Å²) in [4.78, 5) is 18.3. The van der Waals surface area contributed by atoms with Gasteiger partial charge in [-0.2, -0.15) is 0 Å². The van der Waals surface area contributed by atoms with Crippen LogP contribution in [0, 0.1) is 5.82 Å². The molecule has 0 aliphatic rings. The number of hydrogen-bond acceptors (Lipinski definition) is 3. The van der Waals surface area contributed by atoms with Crippen molar-refractivity contribution in [2.75, 3.05) is 14.1 Å². The van der Waals surface area contributed by atoms with Gasteiger partial charge in [0.05, 0.1) is 0 Å². The predicted octanol–water partition coefficient (Wildman–Crippen LogP) is 3.01. The number of allylic oxidation sites excluding steroid dienone is 1. The summed E-state index contributed by atoms with van der Waals surface area (Å²) in [5, 5.41) is 0. The number of ketones is 1. The van der Waals surface area contributed by atoms with Gasteiger partial charge in [0.2, 0.25) is 0 Å². The number of carbonyl (C=O) groups is 1. The van der Waals surface area contributed by atoms with Crippen molar-refractivity contribution in [2.45, 2.75) is 0 Å². The summed E-state index contributed by atoms with van der Waals surface area (Å²) < 4.78 is 13.3. The Morgan fingerprint density at radius 2 is 1.85 bits per heavy atom. The lowest BCUT2D eigenvalue weighted by Crippen LogP contribution is -2.09. The fraction of sp³-hybridized carbons (Fsp3) is 0.125. The Kier molecular flexibility index (Phi) is 4.25. The summed E-state index contributed by atoms with van der Waals surface area (Å²) >= 11 is 0. The van der Waals surface area contributed by atoms with Gasteiger partial charge in [-0.3, -0.25) is 9.78 Å². The molecule has 0 unspecified atom stereocenters. The summed E-state index contributed by atoms with van der Waals surface area (Å²) in [7, 11) is 3.67. The van der Waals surface area contributed by atoms with Gasteiger partial charge in [0, 0.05) is 43.8 Å². The third kappa shape index (κ3) is 3.29. The molecule has 1 heterocycles. The van der Waals surface area contributed by atoms with Crippen LogP contribution in [0.15, 0.2) is 55.0 Å². The topological polar surface area (TPSA) is 33.2 Å². The molecule has 0 atom stereocenters. The molecule has 20 heavy (non-hydrogen) atoms. The van der Waals surface area contributed by atoms with E-state index in [0.717, 1.165) is 5.56 Å². The molecular weight excluding hydrogens is 255 g/mol. The molecule has 102 valence electrons. The van der Waals surface area contributed by atoms with Crippen LogP contribution in [0.5, 0.6) is 0 Å². The van der Waals surface area contributed by atoms with Gasteiger partial charge in [0.25, 0.3) is 0 Å². The molecular formula is C16H15FN2O. The van der Waals surface area contributed by atoms with E-state index in [1.807, 2.05) is 14.1 Å². The summed E-state index contributed by atoms with van der Waals surface area (Å²) in [6, 6.07) is 9.21. The Labute approximate surface area is 117 Å². The number of carbonyl (C=O) groups excluding carboxylic acids is 1. The fourth-order valence-electron chi connectivity index (χ4n) is 1.84. The van der Waals surface area contributed by atoms with Crippen LogP contribution in [-0.2, 0) is 0 Å². The highest BCUT2D eigenvalue weighted by molar-refractivity contribution is 6.28. The molecule has 0 N–H and O–H groups in total. The van der Waals surface area contributed by atoms with Crippen LogP contribution in [-0.4, -0.2) is 29.8 Å². The standard InChI is InChI=1S/C16H15FN2O/c1-19(2)11-15(12-6-8-18-9-7-12)16(20)13-4-3-5-14(17)10-13/h3-11H,1-2H3/b15-11+. The minimum absolute atomic E-state index is 0.218. The average Bonchev–Trinajstić information content (AvgIpc) is 2.45. The lowest BCUT2D eigenvalue weighted by molar-refractivity contribution is 0.105.